The summed E-state index contributed by atoms with van der Waals surface area (Å²) in [6.45, 7) is 8.31. The zero-order valence-corrected chi connectivity index (χ0v) is 13.4. The van der Waals surface area contributed by atoms with Crippen molar-refractivity contribution in [3.8, 4) is 11.5 Å². The molecule has 0 fully saturated rings. The predicted molar refractivity (Wildman–Crippen MR) is 85.9 cm³/mol. The highest BCUT2D eigenvalue weighted by molar-refractivity contribution is 6.05. The van der Waals surface area contributed by atoms with Crippen molar-refractivity contribution in [1.82, 2.24) is 4.81 Å². The Bertz CT molecular complexity index is 507. The van der Waals surface area contributed by atoms with Crippen LogP contribution < -0.4 is 9.47 Å². The van der Waals surface area contributed by atoms with Gasteiger partial charge in [-0.15, -0.1) is 0 Å². The van der Waals surface area contributed by atoms with E-state index in [9.17, 15) is 4.79 Å². The number of aldehydes is 1. The Labute approximate surface area is 127 Å². The minimum atomic E-state index is 0.128. The number of benzene rings is 1. The molecule has 0 aromatic heterocycles. The van der Waals surface area contributed by atoms with E-state index in [4.69, 9.17) is 9.47 Å². The van der Waals surface area contributed by atoms with Gasteiger partial charge in [0.1, 0.15) is 6.29 Å². The predicted octanol–water partition coefficient (Wildman–Crippen LogP) is 2.08. The Morgan fingerprint density at radius 3 is 2.33 bits per heavy atom. The fourth-order valence-corrected chi connectivity index (χ4v) is 3.14. The molecule has 0 saturated heterocycles. The van der Waals surface area contributed by atoms with Gasteiger partial charge in [0.2, 0.25) is 0 Å². The van der Waals surface area contributed by atoms with Crippen LogP contribution in [0.5, 0.6) is 11.5 Å². The molecule has 1 unspecified atom stereocenters. The summed E-state index contributed by atoms with van der Waals surface area (Å²) in [6.07, 6.45) is 1.51. The van der Waals surface area contributed by atoms with Gasteiger partial charge in [-0.1, -0.05) is 6.92 Å². The van der Waals surface area contributed by atoms with Crippen molar-refractivity contribution in [3.63, 3.8) is 0 Å². The summed E-state index contributed by atoms with van der Waals surface area (Å²) in [4.78, 5) is 13.3. The molecule has 0 saturated carbocycles. The van der Waals surface area contributed by atoms with Crippen molar-refractivity contribution in [1.29, 1.82) is 0 Å². The second-order valence-electron chi connectivity index (χ2n) is 5.55. The van der Waals surface area contributed by atoms with Crippen LogP contribution in [0.2, 0.25) is 0 Å². The zero-order chi connectivity index (χ0) is 15.4. The smallest absolute Gasteiger partial charge is 0.186 e. The average molecular weight is 289 g/mol. The van der Waals surface area contributed by atoms with Gasteiger partial charge in [-0.05, 0) is 49.6 Å². The molecule has 0 bridgehead atoms. The Morgan fingerprint density at radius 1 is 1.24 bits per heavy atom. The molecule has 21 heavy (non-hydrogen) atoms. The lowest BCUT2D eigenvalue weighted by molar-refractivity contribution is -0.108. The third-order valence-electron chi connectivity index (χ3n) is 4.05. The van der Waals surface area contributed by atoms with Crippen molar-refractivity contribution >= 4 is 14.3 Å². The second-order valence-corrected chi connectivity index (χ2v) is 5.55. The van der Waals surface area contributed by atoms with Crippen LogP contribution in [0.3, 0.4) is 0 Å². The average Bonchev–Trinajstić information content (AvgIpc) is 2.45. The normalized spacial score (nSPS) is 21.7. The Balaban J connectivity index is 2.50. The van der Waals surface area contributed by atoms with Crippen LogP contribution in [0.15, 0.2) is 12.1 Å². The molecule has 1 heterocycles. The Hall–Kier alpha value is -1.49. The molecule has 0 N–H and O–H groups in total. The maximum atomic E-state index is 11.0. The minimum Gasteiger partial charge on any atom is -0.490 e. The molecule has 1 aromatic carbocycles. The van der Waals surface area contributed by atoms with Crippen molar-refractivity contribution in [2.75, 3.05) is 19.8 Å². The van der Waals surface area contributed by atoms with Crippen LogP contribution >= 0.6 is 0 Å². The number of carbonyl (C=O) groups is 1. The first kappa shape index (κ1) is 15.9. The first-order chi connectivity index (χ1) is 10.1. The van der Waals surface area contributed by atoms with Crippen molar-refractivity contribution < 1.29 is 14.3 Å². The van der Waals surface area contributed by atoms with E-state index >= 15 is 0 Å². The maximum absolute atomic E-state index is 11.0. The summed E-state index contributed by atoms with van der Waals surface area (Å²) in [7, 11) is 2.07. The molecular weight excluding hydrogens is 265 g/mol. The summed E-state index contributed by atoms with van der Waals surface area (Å²) in [5.74, 6) is 2.00. The van der Waals surface area contributed by atoms with Crippen LogP contribution in [-0.2, 0) is 4.79 Å². The molecule has 2 rings (SSSR count). The fraction of sp³-hybridized carbons (Fsp3) is 0.562. The molecule has 2 atom stereocenters. The molecule has 0 aliphatic carbocycles. The molecule has 0 spiro atoms. The molecule has 1 aliphatic rings. The van der Waals surface area contributed by atoms with Gasteiger partial charge in [-0.2, -0.15) is 0 Å². The molecule has 4 nitrogen and oxygen atoms in total. The van der Waals surface area contributed by atoms with Crippen molar-refractivity contribution in [2.45, 2.75) is 39.2 Å². The van der Waals surface area contributed by atoms with E-state index in [2.05, 4.69) is 31.8 Å². The molecule has 1 aromatic rings. The number of hydrogen-bond acceptors (Lipinski definition) is 4. The summed E-state index contributed by atoms with van der Waals surface area (Å²) < 4.78 is 11.4. The molecule has 0 amide bonds. The number of carbonyl (C=O) groups excluding carboxylic acids is 1. The SMILES string of the molecule is BN1CC(C)c2cc(OCC)c(OCC)cc2[C@H]1CC=O. The van der Waals surface area contributed by atoms with Crippen LogP contribution in [0.1, 0.15) is 50.3 Å². The van der Waals surface area contributed by atoms with E-state index in [0.717, 1.165) is 24.3 Å². The third kappa shape index (κ3) is 3.23. The molecule has 114 valence electrons. The summed E-state index contributed by atoms with van der Waals surface area (Å²) in [5.41, 5.74) is 2.46. The Kier molecular flexibility index (Phi) is 5.29. The number of nitrogens with zero attached hydrogens (tertiary/aromatic N) is 1. The van der Waals surface area contributed by atoms with Gasteiger partial charge in [0.05, 0.1) is 13.2 Å². The summed E-state index contributed by atoms with van der Waals surface area (Å²) in [6, 6.07) is 4.28. The van der Waals surface area contributed by atoms with E-state index < -0.39 is 0 Å². The van der Waals surface area contributed by atoms with Crippen LogP contribution in [0, 0.1) is 0 Å². The van der Waals surface area contributed by atoms with Gasteiger partial charge < -0.3 is 19.1 Å². The summed E-state index contributed by atoms with van der Waals surface area (Å²) in [5, 5.41) is 0. The number of ether oxygens (including phenoxy) is 2. The minimum absolute atomic E-state index is 0.128. The zero-order valence-electron chi connectivity index (χ0n) is 13.4. The highest BCUT2D eigenvalue weighted by Gasteiger charge is 2.30. The maximum Gasteiger partial charge on any atom is 0.186 e. The van der Waals surface area contributed by atoms with Gasteiger partial charge in [-0.25, -0.2) is 0 Å². The highest BCUT2D eigenvalue weighted by Crippen LogP contribution is 2.42. The first-order valence-corrected chi connectivity index (χ1v) is 7.69. The third-order valence-corrected chi connectivity index (χ3v) is 4.05. The van der Waals surface area contributed by atoms with Gasteiger partial charge in [0.15, 0.2) is 19.5 Å². The Morgan fingerprint density at radius 2 is 1.81 bits per heavy atom. The molecule has 1 aliphatic heterocycles. The second kappa shape index (κ2) is 6.99. The van der Waals surface area contributed by atoms with E-state index in [1.54, 1.807) is 0 Å². The number of hydrogen-bond donors (Lipinski definition) is 0. The summed E-state index contributed by atoms with van der Waals surface area (Å²) >= 11 is 0. The monoisotopic (exact) mass is 289 g/mol. The number of rotatable bonds is 6. The molecule has 0 radical (unpaired) electrons. The first-order valence-electron chi connectivity index (χ1n) is 7.69. The van der Waals surface area contributed by atoms with Crippen molar-refractivity contribution in [2.24, 2.45) is 0 Å². The quantitative estimate of drug-likeness (QED) is 0.594. The standard InChI is InChI=1S/C16H24BNO3/c1-4-20-15-8-12-11(3)10-18(17)14(6-7-19)13(12)9-16(15)21-5-2/h7-9,11,14H,4-6,10,17H2,1-3H3/t11?,14-/m1/s1. The highest BCUT2D eigenvalue weighted by atomic mass is 16.5. The fourth-order valence-electron chi connectivity index (χ4n) is 3.14. The van der Waals surface area contributed by atoms with E-state index in [1.807, 2.05) is 13.8 Å². The van der Waals surface area contributed by atoms with E-state index in [0.29, 0.717) is 25.6 Å². The lowest BCUT2D eigenvalue weighted by atomic mass is 9.83. The van der Waals surface area contributed by atoms with Crippen LogP contribution in [-0.4, -0.2) is 38.8 Å². The topological polar surface area (TPSA) is 38.8 Å². The van der Waals surface area contributed by atoms with E-state index in [1.165, 1.54) is 11.1 Å². The van der Waals surface area contributed by atoms with Gasteiger partial charge in [-0.3, -0.25) is 0 Å². The molecule has 5 heteroatoms. The van der Waals surface area contributed by atoms with Gasteiger partial charge >= 0.3 is 0 Å². The van der Waals surface area contributed by atoms with Crippen LogP contribution in [0.25, 0.3) is 0 Å². The largest absolute Gasteiger partial charge is 0.490 e. The molecular formula is C16H24BNO3. The van der Waals surface area contributed by atoms with Gasteiger partial charge in [0.25, 0.3) is 0 Å². The van der Waals surface area contributed by atoms with Gasteiger partial charge in [0, 0.05) is 12.5 Å². The van der Waals surface area contributed by atoms with Crippen LogP contribution in [0.4, 0.5) is 0 Å². The lowest BCUT2D eigenvalue weighted by Gasteiger charge is -2.38. The van der Waals surface area contributed by atoms with Crippen molar-refractivity contribution in [3.05, 3.63) is 23.3 Å². The number of fused-ring (bicyclic) bond motifs is 1. The van der Waals surface area contributed by atoms with E-state index in [-0.39, 0.29) is 6.04 Å². The lowest BCUT2D eigenvalue weighted by Crippen LogP contribution is -2.35.